The van der Waals surface area contributed by atoms with Gasteiger partial charge in [-0.15, -0.1) is 11.3 Å². The SMILES string of the molecule is COc1cccc(C2C(C(=O)c3sc(C)nc3C)=C(O)C(=O)N2c2nc3ccc(OC)cc3[nH]2)c1. The molecule has 35 heavy (non-hydrogen) atoms. The van der Waals surface area contributed by atoms with Crippen LogP contribution in [0.4, 0.5) is 5.95 Å². The molecule has 0 radical (unpaired) electrons. The summed E-state index contributed by atoms with van der Waals surface area (Å²) < 4.78 is 10.7. The van der Waals surface area contributed by atoms with Crippen molar-refractivity contribution in [1.29, 1.82) is 0 Å². The summed E-state index contributed by atoms with van der Waals surface area (Å²) in [4.78, 5) is 40.8. The van der Waals surface area contributed by atoms with Crippen LogP contribution in [0.15, 0.2) is 53.8 Å². The van der Waals surface area contributed by atoms with Crippen molar-refractivity contribution in [2.45, 2.75) is 19.9 Å². The number of hydrogen-bond donors (Lipinski definition) is 2. The quantitative estimate of drug-likeness (QED) is 0.384. The van der Waals surface area contributed by atoms with Gasteiger partial charge in [-0.25, -0.2) is 9.97 Å². The highest BCUT2D eigenvalue weighted by molar-refractivity contribution is 7.14. The van der Waals surface area contributed by atoms with Crippen molar-refractivity contribution in [3.63, 3.8) is 0 Å². The van der Waals surface area contributed by atoms with E-state index in [2.05, 4.69) is 15.0 Å². The lowest BCUT2D eigenvalue weighted by Gasteiger charge is -2.24. The maximum Gasteiger partial charge on any atom is 0.296 e. The van der Waals surface area contributed by atoms with E-state index in [0.717, 1.165) is 5.01 Å². The molecular weight excluding hydrogens is 468 g/mol. The number of anilines is 1. The fourth-order valence-electron chi connectivity index (χ4n) is 4.26. The lowest BCUT2D eigenvalue weighted by molar-refractivity contribution is -0.117. The number of aliphatic hydroxyl groups is 1. The van der Waals surface area contributed by atoms with E-state index in [4.69, 9.17) is 9.47 Å². The molecule has 2 N–H and O–H groups in total. The van der Waals surface area contributed by atoms with Gasteiger partial charge >= 0.3 is 0 Å². The van der Waals surface area contributed by atoms with Gasteiger partial charge in [-0.05, 0) is 43.7 Å². The van der Waals surface area contributed by atoms with Crippen molar-refractivity contribution >= 4 is 40.0 Å². The molecule has 1 aliphatic rings. The topological polar surface area (TPSA) is 118 Å². The molecule has 9 nitrogen and oxygen atoms in total. The Labute approximate surface area is 204 Å². The maximum absolute atomic E-state index is 13.7. The third kappa shape index (κ3) is 3.71. The van der Waals surface area contributed by atoms with Crippen LogP contribution in [0, 0.1) is 13.8 Å². The number of aryl methyl sites for hydroxylation is 2. The van der Waals surface area contributed by atoms with Crippen LogP contribution in [0.2, 0.25) is 0 Å². The number of rotatable bonds is 6. The molecule has 0 saturated heterocycles. The lowest BCUT2D eigenvalue weighted by Crippen LogP contribution is -2.32. The molecule has 0 saturated carbocycles. The first-order valence-corrected chi connectivity index (χ1v) is 11.6. The molecule has 1 aliphatic heterocycles. The van der Waals surface area contributed by atoms with Crippen molar-refractivity contribution in [2.75, 3.05) is 19.1 Å². The number of aromatic nitrogens is 3. The highest BCUT2D eigenvalue weighted by Gasteiger charge is 2.46. The molecule has 0 spiro atoms. The average Bonchev–Trinajstić information content (AvgIpc) is 3.51. The number of hydrogen-bond acceptors (Lipinski definition) is 8. The van der Waals surface area contributed by atoms with Crippen molar-refractivity contribution in [3.8, 4) is 11.5 Å². The maximum atomic E-state index is 13.7. The van der Waals surface area contributed by atoms with Gasteiger partial charge in [0.2, 0.25) is 11.7 Å². The molecule has 3 heterocycles. The smallest absolute Gasteiger partial charge is 0.296 e. The molecular formula is C25H22N4O5S. The average molecular weight is 491 g/mol. The Morgan fingerprint density at radius 3 is 2.51 bits per heavy atom. The minimum absolute atomic E-state index is 0.0342. The minimum Gasteiger partial charge on any atom is -0.503 e. The first-order chi connectivity index (χ1) is 16.8. The van der Waals surface area contributed by atoms with Crippen molar-refractivity contribution < 1.29 is 24.2 Å². The Morgan fingerprint density at radius 1 is 1.09 bits per heavy atom. The minimum atomic E-state index is -0.936. The first kappa shape index (κ1) is 22.6. The van der Waals surface area contributed by atoms with E-state index in [1.807, 2.05) is 0 Å². The zero-order valence-electron chi connectivity index (χ0n) is 19.4. The van der Waals surface area contributed by atoms with Crippen LogP contribution in [0.5, 0.6) is 11.5 Å². The molecule has 10 heteroatoms. The Balaban J connectivity index is 1.69. The Hall–Kier alpha value is -4.18. The van der Waals surface area contributed by atoms with Crippen LogP contribution in [-0.4, -0.2) is 46.0 Å². The molecule has 1 unspecified atom stereocenters. The molecule has 0 aliphatic carbocycles. The molecule has 1 atom stereocenters. The summed E-state index contributed by atoms with van der Waals surface area (Å²) in [5.41, 5.74) is 2.34. The van der Waals surface area contributed by atoms with Crippen molar-refractivity contribution in [1.82, 2.24) is 15.0 Å². The number of imidazole rings is 1. The van der Waals surface area contributed by atoms with Crippen LogP contribution in [-0.2, 0) is 4.79 Å². The predicted molar refractivity (Wildman–Crippen MR) is 131 cm³/mol. The number of carbonyl (C=O) groups excluding carboxylic acids is 2. The molecule has 0 fully saturated rings. The van der Waals surface area contributed by atoms with E-state index in [1.54, 1.807) is 63.4 Å². The van der Waals surface area contributed by atoms with Crippen LogP contribution < -0.4 is 14.4 Å². The number of methoxy groups -OCH3 is 2. The second-order valence-corrected chi connectivity index (χ2v) is 9.24. The highest BCUT2D eigenvalue weighted by Crippen LogP contribution is 2.43. The van der Waals surface area contributed by atoms with Gasteiger partial charge in [-0.3, -0.25) is 14.5 Å². The van der Waals surface area contributed by atoms with Gasteiger partial charge in [-0.1, -0.05) is 12.1 Å². The highest BCUT2D eigenvalue weighted by atomic mass is 32.1. The number of amides is 1. The second-order valence-electron chi connectivity index (χ2n) is 8.04. The summed E-state index contributed by atoms with van der Waals surface area (Å²) in [6.07, 6.45) is 0. The molecule has 1 amide bonds. The zero-order valence-corrected chi connectivity index (χ0v) is 20.3. The van der Waals surface area contributed by atoms with E-state index < -0.39 is 23.5 Å². The third-order valence-corrected chi connectivity index (χ3v) is 6.95. The number of ketones is 1. The monoisotopic (exact) mass is 490 g/mol. The summed E-state index contributed by atoms with van der Waals surface area (Å²) in [5, 5.41) is 11.7. The number of H-pyrrole nitrogens is 1. The van der Waals surface area contributed by atoms with Crippen molar-refractivity contribution in [2.24, 2.45) is 0 Å². The van der Waals surface area contributed by atoms with E-state index in [1.165, 1.54) is 23.3 Å². The number of aliphatic hydroxyl groups excluding tert-OH is 1. The number of thiazole rings is 1. The molecule has 178 valence electrons. The molecule has 2 aromatic carbocycles. The summed E-state index contributed by atoms with van der Waals surface area (Å²) in [6, 6.07) is 11.4. The van der Waals surface area contributed by atoms with E-state index in [-0.39, 0.29) is 11.5 Å². The van der Waals surface area contributed by atoms with Gasteiger partial charge in [0.1, 0.15) is 11.5 Å². The Morgan fingerprint density at radius 2 is 1.83 bits per heavy atom. The van der Waals surface area contributed by atoms with E-state index in [0.29, 0.717) is 38.7 Å². The van der Waals surface area contributed by atoms with Gasteiger partial charge < -0.3 is 19.6 Å². The standard InChI is InChI=1S/C25H22N4O5S/c1-12-23(35-13(2)26-12)21(30)19-20(14-6-5-7-15(10-14)33-3)29(24(32)22(19)31)25-27-17-9-8-16(34-4)11-18(17)28-25/h5-11,20,31H,1-4H3,(H,27,28). The fourth-order valence-corrected chi connectivity index (χ4v) is 5.14. The zero-order chi connectivity index (χ0) is 24.9. The van der Waals surface area contributed by atoms with Gasteiger partial charge in [0.15, 0.2) is 5.76 Å². The number of benzene rings is 2. The molecule has 4 aromatic rings. The lowest BCUT2D eigenvalue weighted by atomic mass is 9.95. The number of carbonyl (C=O) groups is 2. The summed E-state index contributed by atoms with van der Waals surface area (Å²) in [7, 11) is 3.09. The van der Waals surface area contributed by atoms with E-state index >= 15 is 0 Å². The predicted octanol–water partition coefficient (Wildman–Crippen LogP) is 4.44. The normalized spacial score (nSPS) is 15.8. The van der Waals surface area contributed by atoms with Gasteiger partial charge in [0, 0.05) is 6.07 Å². The number of Topliss-reactive ketones (excluding diaryl/α,β-unsaturated/α-hetero) is 1. The van der Waals surface area contributed by atoms with Gasteiger partial charge in [0.05, 0.1) is 52.4 Å². The fraction of sp³-hybridized carbons (Fsp3) is 0.200. The van der Waals surface area contributed by atoms with Crippen LogP contribution >= 0.6 is 11.3 Å². The van der Waals surface area contributed by atoms with Crippen molar-refractivity contribution in [3.05, 3.63) is 74.9 Å². The Kier molecular flexibility index (Phi) is 5.52. The molecule has 0 bridgehead atoms. The number of ether oxygens (including phenoxy) is 2. The van der Waals surface area contributed by atoms with E-state index in [9.17, 15) is 14.7 Å². The van der Waals surface area contributed by atoms with Gasteiger partial charge in [-0.2, -0.15) is 0 Å². The van der Waals surface area contributed by atoms with Crippen LogP contribution in [0.3, 0.4) is 0 Å². The van der Waals surface area contributed by atoms with Gasteiger partial charge in [0.25, 0.3) is 5.91 Å². The Bertz CT molecular complexity index is 1520. The summed E-state index contributed by atoms with van der Waals surface area (Å²) in [6.45, 7) is 3.53. The molecule has 2 aromatic heterocycles. The summed E-state index contributed by atoms with van der Waals surface area (Å²) >= 11 is 1.22. The third-order valence-electron chi connectivity index (χ3n) is 5.88. The second kappa shape index (κ2) is 8.55. The number of nitrogens with one attached hydrogen (secondary N) is 1. The number of fused-ring (bicyclic) bond motifs is 1. The first-order valence-electron chi connectivity index (χ1n) is 10.8. The van der Waals surface area contributed by atoms with Crippen LogP contribution in [0.1, 0.15) is 32.0 Å². The number of aromatic amines is 1. The molecule has 5 rings (SSSR count). The largest absolute Gasteiger partial charge is 0.503 e. The number of nitrogens with zero attached hydrogens (tertiary/aromatic N) is 3. The van der Waals surface area contributed by atoms with Crippen LogP contribution in [0.25, 0.3) is 11.0 Å². The summed E-state index contributed by atoms with van der Waals surface area (Å²) in [5.74, 6) is -0.438.